The van der Waals surface area contributed by atoms with Crippen molar-refractivity contribution in [3.8, 4) is 0 Å². The Bertz CT molecular complexity index is 220. The van der Waals surface area contributed by atoms with Crippen LogP contribution in [-0.4, -0.2) is 12.3 Å². The minimum Gasteiger partial charge on any atom is -0.376 e. The maximum atomic E-state index is 10.2. The monoisotopic (exact) mass is 148 g/mol. The van der Waals surface area contributed by atoms with Crippen LogP contribution in [0.4, 0.5) is 5.69 Å². The van der Waals surface area contributed by atoms with Crippen molar-refractivity contribution >= 4 is 12.0 Å². The standard InChI is InChI=1S/C9H10NO/c1-8(7-11)10-9-5-3-2-4-6-9/h2-8,10H,1H2/t8-/m0/s1. The van der Waals surface area contributed by atoms with Crippen molar-refractivity contribution in [3.63, 3.8) is 0 Å². The van der Waals surface area contributed by atoms with Crippen LogP contribution in [0.15, 0.2) is 30.3 Å². The molecule has 0 bridgehead atoms. The van der Waals surface area contributed by atoms with E-state index in [-0.39, 0.29) is 6.04 Å². The number of rotatable bonds is 3. The van der Waals surface area contributed by atoms with Crippen LogP contribution in [0, 0.1) is 6.92 Å². The van der Waals surface area contributed by atoms with Gasteiger partial charge in [-0.15, -0.1) is 0 Å². The molecule has 11 heavy (non-hydrogen) atoms. The van der Waals surface area contributed by atoms with Crippen LogP contribution in [0.25, 0.3) is 0 Å². The second kappa shape index (κ2) is 3.76. The Balaban J connectivity index is 2.57. The summed E-state index contributed by atoms with van der Waals surface area (Å²) in [5, 5.41) is 2.91. The number of para-hydroxylation sites is 1. The molecule has 0 aliphatic carbocycles. The lowest BCUT2D eigenvalue weighted by atomic mass is 10.3. The van der Waals surface area contributed by atoms with Gasteiger partial charge in [0, 0.05) is 5.69 Å². The predicted octanol–water partition coefficient (Wildman–Crippen LogP) is 1.50. The van der Waals surface area contributed by atoms with Gasteiger partial charge in [-0.1, -0.05) is 18.2 Å². The molecular formula is C9H10NO. The normalized spacial score (nSPS) is 12.1. The van der Waals surface area contributed by atoms with Gasteiger partial charge in [-0.3, -0.25) is 0 Å². The molecule has 2 nitrogen and oxygen atoms in total. The highest BCUT2D eigenvalue weighted by Crippen LogP contribution is 2.05. The first-order chi connectivity index (χ1) is 5.33. The van der Waals surface area contributed by atoms with E-state index in [0.29, 0.717) is 0 Å². The lowest BCUT2D eigenvalue weighted by Gasteiger charge is -2.07. The van der Waals surface area contributed by atoms with Gasteiger partial charge >= 0.3 is 0 Å². The molecule has 0 aromatic heterocycles. The second-order valence-corrected chi connectivity index (χ2v) is 2.25. The molecule has 1 atom stereocenters. The topological polar surface area (TPSA) is 29.1 Å². The van der Waals surface area contributed by atoms with Crippen molar-refractivity contribution in [2.75, 3.05) is 5.32 Å². The highest BCUT2D eigenvalue weighted by molar-refractivity contribution is 5.65. The van der Waals surface area contributed by atoms with E-state index in [0.717, 1.165) is 12.0 Å². The number of anilines is 1. The number of aldehydes is 1. The molecule has 0 saturated carbocycles. The van der Waals surface area contributed by atoms with E-state index in [9.17, 15) is 4.79 Å². The molecule has 1 aromatic carbocycles. The van der Waals surface area contributed by atoms with Crippen LogP contribution in [0.2, 0.25) is 0 Å². The Morgan fingerprint density at radius 2 is 2.00 bits per heavy atom. The largest absolute Gasteiger partial charge is 0.376 e. The molecule has 0 unspecified atom stereocenters. The number of benzene rings is 1. The number of hydrogen-bond acceptors (Lipinski definition) is 2. The van der Waals surface area contributed by atoms with Crippen LogP contribution >= 0.6 is 0 Å². The highest BCUT2D eigenvalue weighted by atomic mass is 16.1. The summed E-state index contributed by atoms with van der Waals surface area (Å²) in [5.74, 6) is 0. The lowest BCUT2D eigenvalue weighted by molar-refractivity contribution is -0.107. The van der Waals surface area contributed by atoms with Crippen LogP contribution in [0.3, 0.4) is 0 Å². The number of nitrogens with one attached hydrogen (secondary N) is 1. The first-order valence-electron chi connectivity index (χ1n) is 3.43. The van der Waals surface area contributed by atoms with E-state index < -0.39 is 0 Å². The molecular weight excluding hydrogens is 138 g/mol. The summed E-state index contributed by atoms with van der Waals surface area (Å²) in [4.78, 5) is 10.2. The van der Waals surface area contributed by atoms with E-state index in [2.05, 4.69) is 12.2 Å². The minimum atomic E-state index is -0.364. The van der Waals surface area contributed by atoms with Gasteiger partial charge < -0.3 is 10.1 Å². The molecule has 1 N–H and O–H groups in total. The van der Waals surface area contributed by atoms with Gasteiger partial charge in [-0.05, 0) is 19.1 Å². The van der Waals surface area contributed by atoms with Gasteiger partial charge in [-0.2, -0.15) is 0 Å². The summed E-state index contributed by atoms with van der Waals surface area (Å²) in [6.07, 6.45) is 0.771. The zero-order valence-electron chi connectivity index (χ0n) is 6.16. The molecule has 0 spiro atoms. The van der Waals surface area contributed by atoms with E-state index in [1.165, 1.54) is 0 Å². The fourth-order valence-corrected chi connectivity index (χ4v) is 0.782. The summed E-state index contributed by atoms with van der Waals surface area (Å²) in [7, 11) is 0. The Morgan fingerprint density at radius 3 is 2.55 bits per heavy atom. The van der Waals surface area contributed by atoms with Gasteiger partial charge in [0.2, 0.25) is 0 Å². The van der Waals surface area contributed by atoms with E-state index >= 15 is 0 Å². The Hall–Kier alpha value is -1.31. The van der Waals surface area contributed by atoms with Crippen molar-refractivity contribution in [2.24, 2.45) is 0 Å². The summed E-state index contributed by atoms with van der Waals surface area (Å²) >= 11 is 0. The molecule has 0 amide bonds. The van der Waals surface area contributed by atoms with E-state index in [1.807, 2.05) is 30.3 Å². The zero-order chi connectivity index (χ0) is 8.10. The van der Waals surface area contributed by atoms with Crippen molar-refractivity contribution in [3.05, 3.63) is 37.3 Å². The van der Waals surface area contributed by atoms with Crippen LogP contribution < -0.4 is 5.32 Å². The minimum absolute atomic E-state index is 0.364. The highest BCUT2D eigenvalue weighted by Gasteiger charge is 1.96. The van der Waals surface area contributed by atoms with Crippen molar-refractivity contribution < 1.29 is 4.79 Å². The van der Waals surface area contributed by atoms with E-state index in [4.69, 9.17) is 0 Å². The smallest absolute Gasteiger partial charge is 0.142 e. The van der Waals surface area contributed by atoms with Gasteiger partial charge in [0.1, 0.15) is 6.29 Å². The van der Waals surface area contributed by atoms with Crippen LogP contribution in [-0.2, 0) is 4.79 Å². The molecule has 1 rings (SSSR count). The number of hydrogen-bond donors (Lipinski definition) is 1. The Kier molecular flexibility index (Phi) is 2.66. The van der Waals surface area contributed by atoms with Gasteiger partial charge in [0.25, 0.3) is 0 Å². The first kappa shape index (κ1) is 7.79. The van der Waals surface area contributed by atoms with Crippen molar-refractivity contribution in [1.82, 2.24) is 0 Å². The van der Waals surface area contributed by atoms with Gasteiger partial charge in [0.15, 0.2) is 0 Å². The molecule has 0 fully saturated rings. The molecule has 1 radical (unpaired) electrons. The second-order valence-electron chi connectivity index (χ2n) is 2.25. The quantitative estimate of drug-likeness (QED) is 0.658. The molecule has 0 aliphatic rings. The molecule has 2 heteroatoms. The number of carbonyl (C=O) groups is 1. The third kappa shape index (κ3) is 2.42. The third-order valence-electron chi connectivity index (χ3n) is 1.29. The maximum Gasteiger partial charge on any atom is 0.142 e. The maximum absolute atomic E-state index is 10.2. The summed E-state index contributed by atoms with van der Waals surface area (Å²) < 4.78 is 0. The average molecular weight is 148 g/mol. The molecule has 1 aromatic rings. The fraction of sp³-hybridized carbons (Fsp3) is 0.111. The predicted molar refractivity (Wildman–Crippen MR) is 45.3 cm³/mol. The Labute approximate surface area is 66.2 Å². The van der Waals surface area contributed by atoms with Gasteiger partial charge in [-0.25, -0.2) is 0 Å². The van der Waals surface area contributed by atoms with Crippen LogP contribution in [0.1, 0.15) is 0 Å². The zero-order valence-corrected chi connectivity index (χ0v) is 6.16. The van der Waals surface area contributed by atoms with Crippen molar-refractivity contribution in [2.45, 2.75) is 6.04 Å². The molecule has 0 aliphatic heterocycles. The molecule has 57 valence electrons. The van der Waals surface area contributed by atoms with E-state index in [1.54, 1.807) is 0 Å². The third-order valence-corrected chi connectivity index (χ3v) is 1.29. The fourth-order valence-electron chi connectivity index (χ4n) is 0.782. The molecule has 0 heterocycles. The van der Waals surface area contributed by atoms with Crippen molar-refractivity contribution in [1.29, 1.82) is 0 Å². The summed E-state index contributed by atoms with van der Waals surface area (Å²) in [6.45, 7) is 3.57. The van der Waals surface area contributed by atoms with Crippen LogP contribution in [0.5, 0.6) is 0 Å². The number of carbonyl (C=O) groups excluding carboxylic acids is 1. The SMILES string of the molecule is [CH2][C@@H](C=O)Nc1ccccc1. The molecule has 0 saturated heterocycles. The summed E-state index contributed by atoms with van der Waals surface area (Å²) in [6, 6.07) is 9.14. The first-order valence-corrected chi connectivity index (χ1v) is 3.43. The average Bonchev–Trinajstić information content (AvgIpc) is 2.06. The Morgan fingerprint density at radius 1 is 1.36 bits per heavy atom. The van der Waals surface area contributed by atoms with Gasteiger partial charge in [0.05, 0.1) is 6.04 Å². The summed E-state index contributed by atoms with van der Waals surface area (Å²) in [5.41, 5.74) is 0.916. The lowest BCUT2D eigenvalue weighted by Crippen LogP contribution is -2.16.